The van der Waals surface area contributed by atoms with Crippen LogP contribution in [0.4, 0.5) is 4.39 Å². The van der Waals surface area contributed by atoms with Gasteiger partial charge in [0.1, 0.15) is 12.4 Å². The van der Waals surface area contributed by atoms with Crippen LogP contribution in [0.2, 0.25) is 0 Å². The van der Waals surface area contributed by atoms with Gasteiger partial charge in [-0.05, 0) is 48.9 Å². The molecule has 0 saturated carbocycles. The third-order valence-electron chi connectivity index (χ3n) is 4.34. The smallest absolute Gasteiger partial charge is 0.203 e. The number of ether oxygens (including phenoxy) is 4. The van der Waals surface area contributed by atoms with Crippen LogP contribution in [0.15, 0.2) is 41.3 Å². The minimum absolute atomic E-state index is 0.555. The Labute approximate surface area is 163 Å². The summed E-state index contributed by atoms with van der Waals surface area (Å²) in [5.41, 5.74) is 1.14. The van der Waals surface area contributed by atoms with E-state index in [-0.39, 0.29) is 0 Å². The minimum atomic E-state index is -0.877. The number of benzene rings is 2. The van der Waals surface area contributed by atoms with Crippen molar-refractivity contribution < 1.29 is 23.3 Å². The lowest BCUT2D eigenvalue weighted by molar-refractivity contribution is 0.105. The third-order valence-corrected chi connectivity index (χ3v) is 5.40. The van der Waals surface area contributed by atoms with Gasteiger partial charge in [0, 0.05) is 16.2 Å². The summed E-state index contributed by atoms with van der Waals surface area (Å²) < 4.78 is 35.0. The summed E-state index contributed by atoms with van der Waals surface area (Å²) >= 11 is 1.69. The Morgan fingerprint density at radius 2 is 1.74 bits per heavy atom. The highest BCUT2D eigenvalue weighted by atomic mass is 32.2. The third kappa shape index (κ3) is 4.16. The number of fused-ring (bicyclic) bond motifs is 1. The van der Waals surface area contributed by atoms with Gasteiger partial charge in [-0.2, -0.15) is 0 Å². The number of alkyl halides is 1. The quantitative estimate of drug-likeness (QED) is 0.613. The van der Waals surface area contributed by atoms with Crippen molar-refractivity contribution in [3.8, 4) is 23.0 Å². The van der Waals surface area contributed by atoms with Gasteiger partial charge in [0.25, 0.3) is 0 Å². The first-order valence-electron chi connectivity index (χ1n) is 8.52. The molecule has 0 spiro atoms. The number of hydrogen-bond donors (Lipinski definition) is 0. The predicted octanol–water partition coefficient (Wildman–Crippen LogP) is 5.14. The highest BCUT2D eigenvalue weighted by Crippen LogP contribution is 2.40. The molecular weight excluding hydrogens is 366 g/mol. The normalized spacial score (nSPS) is 17.8. The second kappa shape index (κ2) is 8.13. The van der Waals surface area contributed by atoms with Gasteiger partial charge in [-0.25, -0.2) is 4.39 Å². The standard InChI is InChI=1S/C21H23FO4S/c1-21(13-22)8-7-15-11-16(5-6-17(15)26-21)27-12-14-9-18(23-2)20(25-4)19(10-14)24-3/h5-11H,12-13H2,1-4H3/i22-1. The van der Waals surface area contributed by atoms with E-state index in [0.29, 0.717) is 23.0 Å². The largest absolute Gasteiger partial charge is 0.493 e. The molecule has 0 aromatic heterocycles. The molecule has 1 unspecified atom stereocenters. The van der Waals surface area contributed by atoms with Crippen molar-refractivity contribution in [2.75, 3.05) is 28.0 Å². The van der Waals surface area contributed by atoms with Crippen molar-refractivity contribution in [2.24, 2.45) is 0 Å². The minimum Gasteiger partial charge on any atom is -0.493 e. The summed E-state index contributed by atoms with van der Waals surface area (Å²) in [4.78, 5) is 1.10. The molecule has 0 N–H and O–H groups in total. The zero-order chi connectivity index (χ0) is 19.4. The van der Waals surface area contributed by atoms with Crippen LogP contribution in [0.3, 0.4) is 0 Å². The predicted molar refractivity (Wildman–Crippen MR) is 106 cm³/mol. The average Bonchev–Trinajstić information content (AvgIpc) is 2.71. The van der Waals surface area contributed by atoms with Crippen molar-refractivity contribution in [2.45, 2.75) is 23.2 Å². The van der Waals surface area contributed by atoms with Crippen molar-refractivity contribution in [1.82, 2.24) is 0 Å². The summed E-state index contributed by atoms with van der Waals surface area (Å²) in [6.45, 7) is 1.18. The van der Waals surface area contributed by atoms with Gasteiger partial charge in [-0.1, -0.05) is 6.08 Å². The van der Waals surface area contributed by atoms with Crippen LogP contribution in [0.25, 0.3) is 6.08 Å². The number of rotatable bonds is 7. The average molecular weight is 389 g/mol. The van der Waals surface area contributed by atoms with Crippen LogP contribution in [-0.4, -0.2) is 33.6 Å². The Bertz CT molecular complexity index is 827. The topological polar surface area (TPSA) is 36.9 Å². The molecule has 4 nitrogen and oxygen atoms in total. The van der Waals surface area contributed by atoms with Gasteiger partial charge in [-0.3, -0.25) is 0 Å². The molecule has 0 radical (unpaired) electrons. The number of halogens is 1. The summed E-state index contributed by atoms with van der Waals surface area (Å²) in [7, 11) is 4.80. The Morgan fingerprint density at radius 1 is 1.04 bits per heavy atom. The van der Waals surface area contributed by atoms with Gasteiger partial charge in [0.15, 0.2) is 17.1 Å². The first-order valence-corrected chi connectivity index (χ1v) is 9.50. The monoisotopic (exact) mass is 389 g/mol. The Kier molecular flexibility index (Phi) is 5.85. The molecule has 1 atom stereocenters. The van der Waals surface area contributed by atoms with Crippen LogP contribution >= 0.6 is 11.8 Å². The Balaban J connectivity index is 1.77. The van der Waals surface area contributed by atoms with Gasteiger partial charge in [-0.15, -0.1) is 11.8 Å². The second-order valence-corrected chi connectivity index (χ2v) is 7.45. The molecule has 27 heavy (non-hydrogen) atoms. The number of methoxy groups -OCH3 is 3. The molecule has 2 aromatic rings. The van der Waals surface area contributed by atoms with E-state index >= 15 is 0 Å². The molecule has 1 aliphatic rings. The second-order valence-electron chi connectivity index (χ2n) is 6.40. The van der Waals surface area contributed by atoms with E-state index < -0.39 is 12.3 Å². The maximum atomic E-state index is 13.1. The summed E-state index contributed by atoms with van der Waals surface area (Å²) in [5, 5.41) is 0. The lowest BCUT2D eigenvalue weighted by Gasteiger charge is -2.29. The molecule has 0 fully saturated rings. The van der Waals surface area contributed by atoms with E-state index in [1.807, 2.05) is 36.4 Å². The van der Waals surface area contributed by atoms with Crippen LogP contribution in [0, 0.1) is 0 Å². The van der Waals surface area contributed by atoms with E-state index in [4.69, 9.17) is 18.9 Å². The molecular formula is C21H23FO4S. The molecule has 144 valence electrons. The molecule has 1 aliphatic heterocycles. The van der Waals surface area contributed by atoms with Gasteiger partial charge in [0.05, 0.1) is 21.3 Å². The lowest BCUT2D eigenvalue weighted by Crippen LogP contribution is -2.34. The lowest BCUT2D eigenvalue weighted by atomic mass is 10.0. The maximum absolute atomic E-state index is 13.1. The molecule has 0 saturated heterocycles. The van der Waals surface area contributed by atoms with Crippen LogP contribution in [-0.2, 0) is 5.75 Å². The highest BCUT2D eigenvalue weighted by Gasteiger charge is 2.27. The Morgan fingerprint density at radius 3 is 2.33 bits per heavy atom. The zero-order valence-corrected chi connectivity index (χ0v) is 16.7. The molecule has 3 rings (SSSR count). The molecule has 0 aliphatic carbocycles. The fourth-order valence-electron chi connectivity index (χ4n) is 2.85. The van der Waals surface area contributed by atoms with Crippen molar-refractivity contribution in [1.29, 1.82) is 0 Å². The highest BCUT2D eigenvalue weighted by molar-refractivity contribution is 7.98. The Hall–Kier alpha value is -2.34. The fourth-order valence-corrected chi connectivity index (χ4v) is 3.72. The molecule has 2 aromatic carbocycles. The first-order chi connectivity index (χ1) is 13.0. The van der Waals surface area contributed by atoms with Crippen LogP contribution in [0.5, 0.6) is 23.0 Å². The van der Waals surface area contributed by atoms with E-state index in [1.165, 1.54) is 0 Å². The van der Waals surface area contributed by atoms with Crippen LogP contribution in [0.1, 0.15) is 18.1 Å². The SMILES string of the molecule is COc1cc(CSc2ccc3c(c2)C=CC(C)(C[18F])O3)cc(OC)c1OC. The number of hydrogen-bond acceptors (Lipinski definition) is 5. The molecule has 0 amide bonds. The van der Waals surface area contributed by atoms with Gasteiger partial charge in [0.2, 0.25) is 5.75 Å². The van der Waals surface area contributed by atoms with Crippen LogP contribution < -0.4 is 18.9 Å². The van der Waals surface area contributed by atoms with E-state index in [0.717, 1.165) is 21.8 Å². The van der Waals surface area contributed by atoms with Crippen molar-refractivity contribution in [3.05, 3.63) is 47.5 Å². The van der Waals surface area contributed by atoms with E-state index in [2.05, 4.69) is 0 Å². The summed E-state index contributed by atoms with van der Waals surface area (Å²) in [6, 6.07) is 9.82. The van der Waals surface area contributed by atoms with Crippen molar-refractivity contribution in [3.63, 3.8) is 0 Å². The molecule has 0 bridgehead atoms. The maximum Gasteiger partial charge on any atom is 0.203 e. The van der Waals surface area contributed by atoms with Gasteiger partial charge < -0.3 is 18.9 Å². The molecule has 6 heteroatoms. The summed E-state index contributed by atoms with van der Waals surface area (Å²) in [5.74, 6) is 3.30. The van der Waals surface area contributed by atoms with E-state index in [1.54, 1.807) is 46.1 Å². The zero-order valence-electron chi connectivity index (χ0n) is 15.9. The summed E-state index contributed by atoms with van der Waals surface area (Å²) in [6.07, 6.45) is 3.69. The number of thioether (sulfide) groups is 1. The van der Waals surface area contributed by atoms with Gasteiger partial charge >= 0.3 is 0 Å². The fraction of sp³-hybridized carbons (Fsp3) is 0.333. The first kappa shape index (κ1) is 19.4. The molecule has 1 heterocycles. The van der Waals surface area contributed by atoms with E-state index in [9.17, 15) is 4.39 Å². The van der Waals surface area contributed by atoms with Crippen molar-refractivity contribution >= 4 is 17.8 Å².